The second-order valence-electron chi connectivity index (χ2n) is 7.75. The fraction of sp³-hybridized carbons (Fsp3) is 0.381. The van der Waals surface area contributed by atoms with Crippen LogP contribution < -0.4 is 0 Å². The second-order valence-corrected chi connectivity index (χ2v) is 7.75. The average molecular weight is 366 g/mol. The highest BCUT2D eigenvalue weighted by Gasteiger charge is 2.30. The molecule has 1 saturated heterocycles. The fourth-order valence-electron chi connectivity index (χ4n) is 3.02. The van der Waals surface area contributed by atoms with Crippen molar-refractivity contribution in [2.75, 3.05) is 26.2 Å². The van der Waals surface area contributed by atoms with Crippen LogP contribution in [0, 0.1) is 5.41 Å². The molecule has 1 fully saturated rings. The molecular weight excluding hydrogens is 340 g/mol. The van der Waals surface area contributed by atoms with Crippen LogP contribution in [0.1, 0.15) is 26.3 Å². The molecule has 3 rings (SSSR count). The third-order valence-electron chi connectivity index (χ3n) is 4.56. The number of rotatable bonds is 3. The van der Waals surface area contributed by atoms with Gasteiger partial charge >= 0.3 is 0 Å². The van der Waals surface area contributed by atoms with Crippen molar-refractivity contribution in [1.82, 2.24) is 19.6 Å². The van der Waals surface area contributed by atoms with Crippen LogP contribution in [0.5, 0.6) is 0 Å². The van der Waals surface area contributed by atoms with E-state index in [1.165, 1.54) is 0 Å². The molecule has 2 amide bonds. The normalized spacial score (nSPS) is 15.4. The summed E-state index contributed by atoms with van der Waals surface area (Å²) in [6.45, 7) is 8.06. The minimum absolute atomic E-state index is 0.0367. The maximum absolute atomic E-state index is 12.4. The molecule has 6 nitrogen and oxygen atoms in total. The number of amides is 2. The third kappa shape index (κ3) is 4.64. The zero-order chi connectivity index (χ0) is 19.4. The van der Waals surface area contributed by atoms with Crippen LogP contribution >= 0.6 is 0 Å². The van der Waals surface area contributed by atoms with Crippen LogP contribution in [0.4, 0.5) is 0 Å². The van der Waals surface area contributed by atoms with Crippen LogP contribution in [-0.2, 0) is 9.59 Å². The molecule has 0 N–H and O–H groups in total. The molecule has 27 heavy (non-hydrogen) atoms. The smallest absolute Gasteiger partial charge is 0.246 e. The first-order chi connectivity index (χ1) is 12.8. The van der Waals surface area contributed by atoms with Gasteiger partial charge in [0.25, 0.3) is 0 Å². The van der Waals surface area contributed by atoms with Gasteiger partial charge in [-0.1, -0.05) is 39.0 Å². The van der Waals surface area contributed by atoms with E-state index >= 15 is 0 Å². The maximum Gasteiger partial charge on any atom is 0.246 e. The topological polar surface area (TPSA) is 58.4 Å². The van der Waals surface area contributed by atoms with Crippen molar-refractivity contribution < 1.29 is 9.59 Å². The van der Waals surface area contributed by atoms with E-state index in [-0.39, 0.29) is 17.2 Å². The van der Waals surface area contributed by atoms with Crippen LogP contribution in [0.15, 0.2) is 48.8 Å². The molecule has 1 aliphatic heterocycles. The van der Waals surface area contributed by atoms with Gasteiger partial charge < -0.3 is 9.80 Å². The summed E-state index contributed by atoms with van der Waals surface area (Å²) in [5.74, 6) is 0.101. The van der Waals surface area contributed by atoms with Crippen molar-refractivity contribution in [3.05, 3.63) is 54.4 Å². The summed E-state index contributed by atoms with van der Waals surface area (Å²) in [7, 11) is 0. The number of carbonyl (C=O) groups is 2. The number of para-hydroxylation sites is 1. The third-order valence-corrected chi connectivity index (χ3v) is 4.56. The Morgan fingerprint density at radius 3 is 2.26 bits per heavy atom. The lowest BCUT2D eigenvalue weighted by molar-refractivity contribution is -0.143. The lowest BCUT2D eigenvalue weighted by atomic mass is 9.94. The molecule has 2 heterocycles. The van der Waals surface area contributed by atoms with Gasteiger partial charge in [-0.25, -0.2) is 4.68 Å². The molecule has 1 aromatic heterocycles. The number of carbonyl (C=O) groups excluding carboxylic acids is 2. The maximum atomic E-state index is 12.4. The summed E-state index contributed by atoms with van der Waals surface area (Å²) in [5, 5.41) is 4.33. The molecule has 0 radical (unpaired) electrons. The molecule has 2 aromatic rings. The van der Waals surface area contributed by atoms with Gasteiger partial charge in [0.2, 0.25) is 11.8 Å². The number of benzene rings is 1. The molecular formula is C21H26N4O2. The monoisotopic (exact) mass is 366 g/mol. The first kappa shape index (κ1) is 18.9. The minimum atomic E-state index is -0.384. The minimum Gasteiger partial charge on any atom is -0.339 e. The highest BCUT2D eigenvalue weighted by atomic mass is 16.2. The molecule has 0 unspecified atom stereocenters. The Morgan fingerprint density at radius 1 is 1.00 bits per heavy atom. The largest absolute Gasteiger partial charge is 0.339 e. The van der Waals surface area contributed by atoms with E-state index in [2.05, 4.69) is 5.10 Å². The molecule has 142 valence electrons. The average Bonchev–Trinajstić information content (AvgIpc) is 3.15. The van der Waals surface area contributed by atoms with Crippen molar-refractivity contribution >= 4 is 17.9 Å². The zero-order valence-corrected chi connectivity index (χ0v) is 16.1. The van der Waals surface area contributed by atoms with Gasteiger partial charge in [-0.05, 0) is 18.2 Å². The lowest BCUT2D eigenvalue weighted by Crippen LogP contribution is -2.52. The summed E-state index contributed by atoms with van der Waals surface area (Å²) in [6, 6.07) is 9.83. The van der Waals surface area contributed by atoms with E-state index < -0.39 is 0 Å². The van der Waals surface area contributed by atoms with Gasteiger partial charge in [0, 0.05) is 49.4 Å². The summed E-state index contributed by atoms with van der Waals surface area (Å²) >= 11 is 0. The molecule has 1 aliphatic rings. The summed E-state index contributed by atoms with van der Waals surface area (Å²) in [6.07, 6.45) is 6.98. The lowest BCUT2D eigenvalue weighted by Gasteiger charge is -2.37. The molecule has 0 spiro atoms. The Kier molecular flexibility index (Phi) is 5.44. The van der Waals surface area contributed by atoms with Crippen molar-refractivity contribution in [2.45, 2.75) is 20.8 Å². The number of nitrogens with zero attached hydrogens (tertiary/aromatic N) is 4. The Bertz CT molecular complexity index is 825. The molecule has 0 saturated carbocycles. The Balaban J connectivity index is 1.56. The van der Waals surface area contributed by atoms with Gasteiger partial charge in [-0.15, -0.1) is 0 Å². The second kappa shape index (κ2) is 7.78. The predicted octanol–water partition coefficient (Wildman–Crippen LogP) is 2.60. The molecule has 1 aromatic carbocycles. The van der Waals surface area contributed by atoms with E-state index in [0.29, 0.717) is 26.2 Å². The molecule has 0 aliphatic carbocycles. The standard InChI is InChI=1S/C21H26N4O2/c1-21(2,3)20(27)24-13-11-23(12-14-24)19(26)10-9-17-15-22-25(16-17)18-7-5-4-6-8-18/h4-10,15-16H,11-14H2,1-3H3/b10-9+. The number of piperazine rings is 1. The van der Waals surface area contributed by atoms with Crippen LogP contribution in [0.2, 0.25) is 0 Å². The Hall–Kier alpha value is -2.89. The van der Waals surface area contributed by atoms with Crippen molar-refractivity contribution in [2.24, 2.45) is 5.41 Å². The molecule has 0 atom stereocenters. The van der Waals surface area contributed by atoms with Crippen molar-refractivity contribution in [3.63, 3.8) is 0 Å². The van der Waals surface area contributed by atoms with E-state index in [1.54, 1.807) is 27.9 Å². The van der Waals surface area contributed by atoms with E-state index in [1.807, 2.05) is 62.2 Å². The highest BCUT2D eigenvalue weighted by molar-refractivity contribution is 5.92. The van der Waals surface area contributed by atoms with E-state index in [4.69, 9.17) is 0 Å². The van der Waals surface area contributed by atoms with Gasteiger partial charge in [-0.3, -0.25) is 9.59 Å². The number of aromatic nitrogens is 2. The summed E-state index contributed by atoms with van der Waals surface area (Å²) in [5.41, 5.74) is 1.46. The number of hydrogen-bond donors (Lipinski definition) is 0. The van der Waals surface area contributed by atoms with Crippen LogP contribution in [0.25, 0.3) is 11.8 Å². The van der Waals surface area contributed by atoms with Gasteiger partial charge in [0.1, 0.15) is 0 Å². The van der Waals surface area contributed by atoms with Crippen molar-refractivity contribution in [3.8, 4) is 5.69 Å². The number of hydrogen-bond acceptors (Lipinski definition) is 3. The summed E-state index contributed by atoms with van der Waals surface area (Å²) in [4.78, 5) is 28.4. The van der Waals surface area contributed by atoms with Crippen LogP contribution in [0.3, 0.4) is 0 Å². The first-order valence-corrected chi connectivity index (χ1v) is 9.21. The summed E-state index contributed by atoms with van der Waals surface area (Å²) < 4.78 is 1.78. The van der Waals surface area contributed by atoms with E-state index in [9.17, 15) is 9.59 Å². The quantitative estimate of drug-likeness (QED) is 0.785. The Morgan fingerprint density at radius 2 is 1.63 bits per heavy atom. The van der Waals surface area contributed by atoms with Gasteiger partial charge in [-0.2, -0.15) is 5.10 Å². The predicted molar refractivity (Wildman–Crippen MR) is 105 cm³/mol. The Labute approximate surface area is 160 Å². The molecule has 6 heteroatoms. The SMILES string of the molecule is CC(C)(C)C(=O)N1CCN(C(=O)/C=C/c2cnn(-c3ccccc3)c2)CC1. The van der Waals surface area contributed by atoms with E-state index in [0.717, 1.165) is 11.3 Å². The fourth-order valence-corrected chi connectivity index (χ4v) is 3.02. The highest BCUT2D eigenvalue weighted by Crippen LogP contribution is 2.18. The molecule has 0 bridgehead atoms. The van der Waals surface area contributed by atoms with Gasteiger partial charge in [0.15, 0.2) is 0 Å². The van der Waals surface area contributed by atoms with Crippen LogP contribution in [-0.4, -0.2) is 57.6 Å². The first-order valence-electron chi connectivity index (χ1n) is 9.21. The van der Waals surface area contributed by atoms with Gasteiger partial charge in [0.05, 0.1) is 11.9 Å². The van der Waals surface area contributed by atoms with Crippen molar-refractivity contribution in [1.29, 1.82) is 0 Å². The zero-order valence-electron chi connectivity index (χ0n) is 16.1.